The molecule has 1 aliphatic carbocycles. The predicted molar refractivity (Wildman–Crippen MR) is 77.3 cm³/mol. The topological polar surface area (TPSA) is 26.3 Å². The Hall–Kier alpha value is -1.31. The number of benzene rings is 1. The molecule has 0 amide bonds. The van der Waals surface area contributed by atoms with Gasteiger partial charge in [-0.25, -0.2) is 0 Å². The average Bonchev–Trinajstić information content (AvgIpc) is 2.38. The second-order valence-corrected chi connectivity index (χ2v) is 5.51. The van der Waals surface area contributed by atoms with Gasteiger partial charge in [-0.05, 0) is 36.3 Å². The minimum Gasteiger partial charge on any atom is -0.469 e. The van der Waals surface area contributed by atoms with E-state index in [1.807, 2.05) is 0 Å². The van der Waals surface area contributed by atoms with Crippen LogP contribution in [0.25, 0.3) is 0 Å². The highest BCUT2D eigenvalue weighted by Gasteiger charge is 2.22. The molecule has 0 aromatic heterocycles. The van der Waals surface area contributed by atoms with Crippen LogP contribution in [0.1, 0.15) is 68.4 Å². The maximum Gasteiger partial charge on any atom is 0.313 e. The summed E-state index contributed by atoms with van der Waals surface area (Å²) in [6.45, 7) is 2.15. The summed E-state index contributed by atoms with van der Waals surface area (Å²) < 4.78 is 4.93. The summed E-state index contributed by atoms with van der Waals surface area (Å²) in [4.78, 5) is 11.9. The Morgan fingerprint density at radius 2 is 2.00 bits per heavy atom. The fraction of sp³-hybridized carbons (Fsp3) is 0.588. The number of methoxy groups -OCH3 is 1. The molecule has 0 spiro atoms. The van der Waals surface area contributed by atoms with Crippen molar-refractivity contribution in [2.45, 2.75) is 57.3 Å². The summed E-state index contributed by atoms with van der Waals surface area (Å²) in [5.74, 6) is 0.548. The summed E-state index contributed by atoms with van der Waals surface area (Å²) in [6, 6.07) is 8.62. The Kier molecular flexibility index (Phi) is 5.00. The molecule has 104 valence electrons. The Balaban J connectivity index is 2.09. The smallest absolute Gasteiger partial charge is 0.313 e. The first-order valence-corrected chi connectivity index (χ1v) is 7.44. The summed E-state index contributed by atoms with van der Waals surface area (Å²) >= 11 is 0. The molecular formula is C17H24O2. The van der Waals surface area contributed by atoms with Gasteiger partial charge in [-0.15, -0.1) is 0 Å². The van der Waals surface area contributed by atoms with E-state index in [0.29, 0.717) is 0 Å². The first kappa shape index (κ1) is 14.1. The lowest BCUT2D eigenvalue weighted by molar-refractivity contribution is -0.142. The molecule has 2 heteroatoms. The molecule has 0 radical (unpaired) electrons. The normalized spacial score (nSPS) is 16.7. The Morgan fingerprint density at radius 1 is 1.32 bits per heavy atom. The van der Waals surface area contributed by atoms with Crippen LogP contribution in [0.15, 0.2) is 24.3 Å². The van der Waals surface area contributed by atoms with Gasteiger partial charge in [-0.3, -0.25) is 4.79 Å². The average molecular weight is 260 g/mol. The summed E-state index contributed by atoms with van der Waals surface area (Å²) in [6.07, 6.45) is 7.03. The second kappa shape index (κ2) is 6.74. The van der Waals surface area contributed by atoms with Gasteiger partial charge in [-0.1, -0.05) is 50.5 Å². The number of carbonyl (C=O) groups is 1. The number of rotatable bonds is 6. The zero-order valence-electron chi connectivity index (χ0n) is 12.0. The van der Waals surface area contributed by atoms with E-state index in [4.69, 9.17) is 4.74 Å². The molecule has 1 aromatic rings. The molecule has 1 aromatic carbocycles. The Morgan fingerprint density at radius 3 is 2.47 bits per heavy atom. The third-order valence-electron chi connectivity index (χ3n) is 4.25. The lowest BCUT2D eigenvalue weighted by Crippen LogP contribution is -2.15. The zero-order valence-corrected chi connectivity index (χ0v) is 12.0. The summed E-state index contributed by atoms with van der Waals surface area (Å²) in [5.41, 5.74) is 2.53. The second-order valence-electron chi connectivity index (χ2n) is 5.51. The maximum atomic E-state index is 11.9. The van der Waals surface area contributed by atoms with Crippen LogP contribution >= 0.6 is 0 Å². The van der Waals surface area contributed by atoms with Crippen LogP contribution in [-0.4, -0.2) is 13.1 Å². The molecule has 0 bridgehead atoms. The molecule has 0 aliphatic heterocycles. The summed E-state index contributed by atoms with van der Waals surface area (Å²) in [7, 11) is 1.48. The number of unbranched alkanes of at least 4 members (excludes halogenated alkanes) is 1. The predicted octanol–water partition coefficient (Wildman–Crippen LogP) is 4.40. The van der Waals surface area contributed by atoms with Crippen molar-refractivity contribution in [3.05, 3.63) is 35.4 Å². The molecule has 19 heavy (non-hydrogen) atoms. The Labute approximate surface area is 116 Å². The fourth-order valence-corrected chi connectivity index (χ4v) is 2.71. The molecule has 2 nitrogen and oxygen atoms in total. The lowest BCUT2D eigenvalue weighted by atomic mass is 9.79. The molecule has 1 saturated carbocycles. The number of hydrogen-bond acceptors (Lipinski definition) is 2. The van der Waals surface area contributed by atoms with Gasteiger partial charge >= 0.3 is 5.97 Å². The molecule has 1 unspecified atom stereocenters. The third kappa shape index (κ3) is 3.37. The highest BCUT2D eigenvalue weighted by atomic mass is 16.5. The molecule has 0 saturated heterocycles. The van der Waals surface area contributed by atoms with E-state index in [9.17, 15) is 4.79 Å². The van der Waals surface area contributed by atoms with E-state index < -0.39 is 0 Å². The van der Waals surface area contributed by atoms with Crippen molar-refractivity contribution in [3.63, 3.8) is 0 Å². The minimum absolute atomic E-state index is 0.0969. The molecule has 1 aliphatic rings. The highest BCUT2D eigenvalue weighted by Crippen LogP contribution is 2.37. The molecule has 1 atom stereocenters. The van der Waals surface area contributed by atoms with E-state index in [-0.39, 0.29) is 11.9 Å². The quantitative estimate of drug-likeness (QED) is 0.709. The molecular weight excluding hydrogens is 236 g/mol. The van der Waals surface area contributed by atoms with Crippen LogP contribution in [0, 0.1) is 0 Å². The van der Waals surface area contributed by atoms with Crippen molar-refractivity contribution in [3.8, 4) is 0 Å². The fourth-order valence-electron chi connectivity index (χ4n) is 2.71. The number of esters is 1. The zero-order chi connectivity index (χ0) is 13.7. The number of ether oxygens (including phenoxy) is 1. The number of carbonyl (C=O) groups excluding carboxylic acids is 1. The van der Waals surface area contributed by atoms with Crippen LogP contribution in [-0.2, 0) is 9.53 Å². The summed E-state index contributed by atoms with van der Waals surface area (Å²) in [5, 5.41) is 0. The maximum absolute atomic E-state index is 11.9. The van der Waals surface area contributed by atoms with Crippen molar-refractivity contribution in [2.75, 3.05) is 7.11 Å². The van der Waals surface area contributed by atoms with Crippen LogP contribution in [0.3, 0.4) is 0 Å². The molecule has 2 rings (SSSR count). The van der Waals surface area contributed by atoms with E-state index in [1.54, 1.807) is 0 Å². The standard InChI is InChI=1S/C17H24O2/c1-3-4-8-16(17(18)19-2)15-11-9-14(10-12-15)13-6-5-7-13/h9-13,16H,3-8H2,1-2H3. The van der Waals surface area contributed by atoms with E-state index in [1.165, 1.54) is 31.9 Å². The van der Waals surface area contributed by atoms with Crippen molar-refractivity contribution in [2.24, 2.45) is 0 Å². The van der Waals surface area contributed by atoms with Crippen LogP contribution in [0.4, 0.5) is 0 Å². The van der Waals surface area contributed by atoms with Gasteiger partial charge in [-0.2, -0.15) is 0 Å². The SMILES string of the molecule is CCCCC(C(=O)OC)c1ccc(C2CCC2)cc1. The van der Waals surface area contributed by atoms with Gasteiger partial charge in [0.2, 0.25) is 0 Å². The van der Waals surface area contributed by atoms with Gasteiger partial charge in [0.25, 0.3) is 0 Å². The number of hydrogen-bond donors (Lipinski definition) is 0. The highest BCUT2D eigenvalue weighted by molar-refractivity contribution is 5.78. The largest absolute Gasteiger partial charge is 0.469 e. The lowest BCUT2D eigenvalue weighted by Gasteiger charge is -2.26. The van der Waals surface area contributed by atoms with Crippen molar-refractivity contribution < 1.29 is 9.53 Å². The van der Waals surface area contributed by atoms with Gasteiger partial charge in [0.15, 0.2) is 0 Å². The molecule has 0 N–H and O–H groups in total. The minimum atomic E-state index is -0.107. The Bertz CT molecular complexity index is 404. The van der Waals surface area contributed by atoms with Crippen molar-refractivity contribution in [1.82, 2.24) is 0 Å². The van der Waals surface area contributed by atoms with Gasteiger partial charge in [0, 0.05) is 0 Å². The van der Waals surface area contributed by atoms with Crippen molar-refractivity contribution in [1.29, 1.82) is 0 Å². The third-order valence-corrected chi connectivity index (χ3v) is 4.25. The van der Waals surface area contributed by atoms with Gasteiger partial charge in [0.1, 0.15) is 0 Å². The first-order chi connectivity index (χ1) is 9.26. The van der Waals surface area contributed by atoms with Crippen LogP contribution in [0.2, 0.25) is 0 Å². The van der Waals surface area contributed by atoms with Crippen molar-refractivity contribution >= 4 is 5.97 Å². The van der Waals surface area contributed by atoms with E-state index >= 15 is 0 Å². The van der Waals surface area contributed by atoms with Gasteiger partial charge in [0.05, 0.1) is 13.0 Å². The van der Waals surface area contributed by atoms with E-state index in [0.717, 1.165) is 30.7 Å². The first-order valence-electron chi connectivity index (χ1n) is 7.44. The van der Waals surface area contributed by atoms with Crippen LogP contribution in [0.5, 0.6) is 0 Å². The van der Waals surface area contributed by atoms with E-state index in [2.05, 4.69) is 31.2 Å². The molecule has 0 heterocycles. The monoisotopic (exact) mass is 260 g/mol. The van der Waals surface area contributed by atoms with Crippen LogP contribution < -0.4 is 0 Å². The molecule has 1 fully saturated rings. The van der Waals surface area contributed by atoms with Gasteiger partial charge < -0.3 is 4.74 Å².